The molecule has 0 bridgehead atoms. The average molecular weight is 539 g/mol. The van der Waals surface area contributed by atoms with Crippen LogP contribution in [0.2, 0.25) is 0 Å². The highest BCUT2D eigenvalue weighted by Gasteiger charge is 2.30. The number of halogens is 3. The highest BCUT2D eigenvalue weighted by Crippen LogP contribution is 2.36. The molecule has 1 fully saturated rings. The van der Waals surface area contributed by atoms with Gasteiger partial charge in [-0.1, -0.05) is 12.1 Å². The van der Waals surface area contributed by atoms with Crippen LogP contribution in [-0.2, 0) is 28.0 Å². The van der Waals surface area contributed by atoms with Crippen LogP contribution in [0, 0.1) is 6.92 Å². The van der Waals surface area contributed by atoms with Gasteiger partial charge in [0.15, 0.2) is 6.61 Å². The van der Waals surface area contributed by atoms with E-state index in [9.17, 15) is 18.0 Å². The van der Waals surface area contributed by atoms with E-state index in [0.717, 1.165) is 46.3 Å². The van der Waals surface area contributed by atoms with Gasteiger partial charge in [-0.25, -0.2) is 9.78 Å². The molecule has 3 aromatic rings. The Hall–Kier alpha value is -2.60. The van der Waals surface area contributed by atoms with Crippen molar-refractivity contribution in [2.24, 2.45) is 0 Å². The molecule has 1 N–H and O–H groups in total. The zero-order valence-electron chi connectivity index (χ0n) is 19.5. The first-order valence-electron chi connectivity index (χ1n) is 11.2. The maximum atomic E-state index is 13.0. The molecular weight excluding hydrogens is 513 g/mol. The molecule has 1 aromatic heterocycles. The molecule has 6 nitrogen and oxygen atoms in total. The van der Waals surface area contributed by atoms with Gasteiger partial charge in [0.2, 0.25) is 0 Å². The van der Waals surface area contributed by atoms with Crippen molar-refractivity contribution in [2.75, 3.05) is 32.9 Å². The Balaban J connectivity index is 1.52. The molecule has 0 saturated carbocycles. The van der Waals surface area contributed by atoms with E-state index < -0.39 is 24.3 Å². The molecule has 0 aliphatic carbocycles. The van der Waals surface area contributed by atoms with Crippen LogP contribution in [0.4, 0.5) is 13.2 Å². The zero-order valence-corrected chi connectivity index (χ0v) is 21.1. The second kappa shape index (κ2) is 11.6. The largest absolute Gasteiger partial charge is 0.482 e. The Morgan fingerprint density at radius 3 is 2.56 bits per heavy atom. The van der Waals surface area contributed by atoms with Crippen LogP contribution in [-0.4, -0.2) is 53.9 Å². The van der Waals surface area contributed by atoms with Crippen molar-refractivity contribution < 1.29 is 32.5 Å². The van der Waals surface area contributed by atoms with Gasteiger partial charge in [0.05, 0.1) is 24.5 Å². The lowest BCUT2D eigenvalue weighted by atomic mass is 10.1. The first-order chi connectivity index (χ1) is 17.2. The van der Waals surface area contributed by atoms with Crippen molar-refractivity contribution in [3.63, 3.8) is 0 Å². The topological polar surface area (TPSA) is 71.9 Å². The van der Waals surface area contributed by atoms with Gasteiger partial charge in [0, 0.05) is 40.7 Å². The van der Waals surface area contributed by atoms with Gasteiger partial charge in [-0.05, 0) is 42.8 Å². The van der Waals surface area contributed by atoms with E-state index in [2.05, 4.69) is 4.90 Å². The van der Waals surface area contributed by atoms with E-state index in [1.54, 1.807) is 17.8 Å². The molecule has 36 heavy (non-hydrogen) atoms. The highest BCUT2D eigenvalue weighted by molar-refractivity contribution is 7.98. The van der Waals surface area contributed by atoms with Crippen molar-refractivity contribution in [1.29, 1.82) is 0 Å². The van der Waals surface area contributed by atoms with Crippen molar-refractivity contribution in [3.8, 4) is 16.3 Å². The molecule has 1 aliphatic rings. The smallest absolute Gasteiger partial charge is 0.416 e. The minimum Gasteiger partial charge on any atom is -0.482 e. The molecular formula is C25H25F3N2O4S2. The minimum absolute atomic E-state index is 0.397. The highest BCUT2D eigenvalue weighted by atomic mass is 32.2. The van der Waals surface area contributed by atoms with Gasteiger partial charge in [-0.3, -0.25) is 4.90 Å². The maximum absolute atomic E-state index is 13.0. The number of carbonyl (C=O) groups is 1. The molecule has 0 amide bonds. The van der Waals surface area contributed by atoms with E-state index in [1.807, 2.05) is 19.1 Å². The number of aliphatic carboxylic acids is 1. The fourth-order valence-corrected chi connectivity index (χ4v) is 5.85. The summed E-state index contributed by atoms with van der Waals surface area (Å²) in [6.07, 6.45) is -4.38. The van der Waals surface area contributed by atoms with Crippen LogP contribution in [0.15, 0.2) is 47.4 Å². The summed E-state index contributed by atoms with van der Waals surface area (Å²) in [5.41, 5.74) is 1.73. The van der Waals surface area contributed by atoms with Crippen molar-refractivity contribution in [3.05, 3.63) is 64.2 Å². The lowest BCUT2D eigenvalue weighted by Crippen LogP contribution is -2.35. The molecule has 0 unspecified atom stereocenters. The Bertz CT molecular complexity index is 1190. The fourth-order valence-electron chi connectivity index (χ4n) is 3.68. The summed E-state index contributed by atoms with van der Waals surface area (Å²) in [5.74, 6) is 0.138. The lowest BCUT2D eigenvalue weighted by molar-refractivity contribution is -0.139. The number of carboxylic acids is 1. The van der Waals surface area contributed by atoms with Gasteiger partial charge in [0.25, 0.3) is 0 Å². The number of rotatable bonds is 9. The first-order valence-corrected chi connectivity index (χ1v) is 13.0. The number of nitrogens with zero attached hydrogens (tertiary/aromatic N) is 2. The number of hydrogen-bond donors (Lipinski definition) is 1. The van der Waals surface area contributed by atoms with Gasteiger partial charge < -0.3 is 14.6 Å². The summed E-state index contributed by atoms with van der Waals surface area (Å²) in [6.45, 7) is 5.04. The molecule has 2 aromatic carbocycles. The first kappa shape index (κ1) is 26.5. The van der Waals surface area contributed by atoms with Crippen LogP contribution in [0.25, 0.3) is 10.6 Å². The molecule has 1 aliphatic heterocycles. The monoisotopic (exact) mass is 538 g/mol. The fraction of sp³-hybridized carbons (Fsp3) is 0.360. The summed E-state index contributed by atoms with van der Waals surface area (Å²) in [6, 6.07) is 10.7. The van der Waals surface area contributed by atoms with Crippen LogP contribution in [0.5, 0.6) is 5.75 Å². The predicted octanol–water partition coefficient (Wildman–Crippen LogP) is 5.73. The van der Waals surface area contributed by atoms with Crippen molar-refractivity contribution in [1.82, 2.24) is 9.88 Å². The third-order valence-electron chi connectivity index (χ3n) is 5.58. The van der Waals surface area contributed by atoms with Crippen LogP contribution < -0.4 is 4.74 Å². The van der Waals surface area contributed by atoms with Crippen LogP contribution in [0.1, 0.15) is 21.7 Å². The van der Waals surface area contributed by atoms with E-state index in [0.29, 0.717) is 41.8 Å². The van der Waals surface area contributed by atoms with E-state index >= 15 is 0 Å². The summed E-state index contributed by atoms with van der Waals surface area (Å²) in [7, 11) is 0. The third kappa shape index (κ3) is 7.00. The van der Waals surface area contributed by atoms with E-state index in [1.165, 1.54) is 23.5 Å². The molecule has 0 radical (unpaired) electrons. The molecule has 11 heteroatoms. The summed E-state index contributed by atoms with van der Waals surface area (Å²) in [5, 5.41) is 9.50. The number of hydrogen-bond acceptors (Lipinski definition) is 7. The zero-order chi connectivity index (χ0) is 25.7. The van der Waals surface area contributed by atoms with E-state index in [4.69, 9.17) is 19.6 Å². The lowest BCUT2D eigenvalue weighted by Gasteiger charge is -2.26. The number of alkyl halides is 3. The second-order valence-corrected chi connectivity index (χ2v) is 10.4. The SMILES string of the molecule is Cc1cc(SCc2sc(-c3ccc(C(F)(F)F)cc3)nc2CN2CCOCC2)ccc1OCC(=O)O. The Kier molecular flexibility index (Phi) is 8.55. The Morgan fingerprint density at radius 1 is 1.19 bits per heavy atom. The normalized spacial score (nSPS) is 14.7. The summed E-state index contributed by atoms with van der Waals surface area (Å²) >= 11 is 3.11. The second-order valence-electron chi connectivity index (χ2n) is 8.25. The number of aromatic nitrogens is 1. The molecule has 0 spiro atoms. The van der Waals surface area contributed by atoms with Crippen molar-refractivity contribution in [2.45, 2.75) is 30.3 Å². The Labute approximate surface area is 215 Å². The summed E-state index contributed by atoms with van der Waals surface area (Å²) < 4.78 is 49.7. The van der Waals surface area contributed by atoms with Crippen LogP contribution in [0.3, 0.4) is 0 Å². The number of aryl methyl sites for hydroxylation is 1. The molecule has 1 saturated heterocycles. The minimum atomic E-state index is -4.38. The predicted molar refractivity (Wildman–Crippen MR) is 133 cm³/mol. The number of ether oxygens (including phenoxy) is 2. The maximum Gasteiger partial charge on any atom is 0.416 e. The standard InChI is InChI=1S/C25H25F3N2O4S2/c1-16-12-19(6-7-21(16)34-14-23(31)32)35-15-22-20(13-30-8-10-33-11-9-30)29-24(36-22)17-2-4-18(5-3-17)25(26,27)28/h2-7,12H,8-11,13-15H2,1H3,(H,31,32). The molecule has 4 rings (SSSR count). The number of carboxylic acid groups (broad SMARTS) is 1. The number of thiazole rings is 1. The van der Waals surface area contributed by atoms with Gasteiger partial charge >= 0.3 is 12.1 Å². The number of benzene rings is 2. The van der Waals surface area contributed by atoms with Crippen molar-refractivity contribution >= 4 is 29.1 Å². The quantitative estimate of drug-likeness (QED) is 0.349. The Morgan fingerprint density at radius 2 is 1.92 bits per heavy atom. The van der Waals surface area contributed by atoms with Crippen LogP contribution >= 0.6 is 23.1 Å². The van der Waals surface area contributed by atoms with Gasteiger partial charge in [0.1, 0.15) is 10.8 Å². The number of thioether (sulfide) groups is 1. The van der Waals surface area contributed by atoms with Gasteiger partial charge in [-0.2, -0.15) is 13.2 Å². The van der Waals surface area contributed by atoms with E-state index in [-0.39, 0.29) is 0 Å². The molecule has 2 heterocycles. The average Bonchev–Trinajstić information content (AvgIpc) is 3.24. The molecule has 192 valence electrons. The summed E-state index contributed by atoms with van der Waals surface area (Å²) in [4.78, 5) is 19.9. The van der Waals surface area contributed by atoms with Gasteiger partial charge in [-0.15, -0.1) is 23.1 Å². The third-order valence-corrected chi connectivity index (χ3v) is 7.93. The molecule has 0 atom stereocenters. The number of morpholine rings is 1.